The van der Waals surface area contributed by atoms with Crippen molar-refractivity contribution < 1.29 is 23.9 Å². The zero-order chi connectivity index (χ0) is 24.2. The van der Waals surface area contributed by atoms with Gasteiger partial charge in [-0.1, -0.05) is 29.8 Å². The SMILES string of the molecule is O=C(O)c1ccc(CNC(=O)c2cc(C(=O)NCc3ccc(F)c(Cl)c3)nc3ccnn23)cc1. The molecule has 4 rings (SSSR count). The summed E-state index contributed by atoms with van der Waals surface area (Å²) in [5.41, 5.74) is 1.82. The molecule has 0 spiro atoms. The number of halogens is 2. The van der Waals surface area contributed by atoms with Crippen LogP contribution in [0.1, 0.15) is 42.5 Å². The molecular formula is C23H17ClFN5O4. The third-order valence-corrected chi connectivity index (χ3v) is 5.21. The van der Waals surface area contributed by atoms with Crippen LogP contribution in [0.15, 0.2) is 60.8 Å². The number of nitrogens with zero attached hydrogens (tertiary/aromatic N) is 3. The summed E-state index contributed by atoms with van der Waals surface area (Å²) >= 11 is 5.77. The first kappa shape index (κ1) is 22.9. The maximum atomic E-state index is 13.3. The first-order valence-corrected chi connectivity index (χ1v) is 10.4. The molecule has 172 valence electrons. The van der Waals surface area contributed by atoms with E-state index in [0.717, 1.165) is 0 Å². The lowest BCUT2D eigenvalue weighted by molar-refractivity contribution is 0.0696. The molecule has 0 fully saturated rings. The number of rotatable bonds is 7. The summed E-state index contributed by atoms with van der Waals surface area (Å²) in [5, 5.41) is 18.4. The summed E-state index contributed by atoms with van der Waals surface area (Å²) in [6.07, 6.45) is 1.45. The molecule has 2 amide bonds. The van der Waals surface area contributed by atoms with E-state index in [9.17, 15) is 18.8 Å². The third kappa shape index (κ3) is 5.02. The van der Waals surface area contributed by atoms with Crippen molar-refractivity contribution >= 4 is 35.0 Å². The van der Waals surface area contributed by atoms with Gasteiger partial charge in [-0.05, 0) is 35.4 Å². The summed E-state index contributed by atoms with van der Waals surface area (Å²) in [4.78, 5) is 40.7. The average Bonchev–Trinajstić information content (AvgIpc) is 3.31. The second-order valence-electron chi connectivity index (χ2n) is 7.24. The molecule has 0 aliphatic rings. The zero-order valence-corrected chi connectivity index (χ0v) is 18.2. The minimum absolute atomic E-state index is 0.00262. The van der Waals surface area contributed by atoms with Crippen molar-refractivity contribution in [2.75, 3.05) is 0 Å². The van der Waals surface area contributed by atoms with Gasteiger partial charge in [-0.25, -0.2) is 18.7 Å². The standard InChI is InChI=1S/C23H17ClFN5O4/c24-16-9-14(3-6-17(16)25)12-26-21(31)18-10-19(30-20(29-18)7-8-28-30)22(32)27-11-13-1-4-15(5-2-13)23(33)34/h1-10H,11-12H2,(H,26,31)(H,27,32)(H,33,34). The van der Waals surface area contributed by atoms with Crippen molar-refractivity contribution in [2.45, 2.75) is 13.1 Å². The smallest absolute Gasteiger partial charge is 0.335 e. The van der Waals surface area contributed by atoms with Crippen LogP contribution in [0.4, 0.5) is 4.39 Å². The number of aromatic nitrogens is 3. The van der Waals surface area contributed by atoms with Crippen LogP contribution in [0.3, 0.4) is 0 Å². The number of hydrogen-bond acceptors (Lipinski definition) is 5. The van der Waals surface area contributed by atoms with Crippen molar-refractivity contribution in [3.8, 4) is 0 Å². The molecule has 0 aliphatic heterocycles. The van der Waals surface area contributed by atoms with E-state index in [2.05, 4.69) is 20.7 Å². The Labute approximate surface area is 197 Å². The Morgan fingerprint density at radius 2 is 1.62 bits per heavy atom. The minimum Gasteiger partial charge on any atom is -0.478 e. The van der Waals surface area contributed by atoms with E-state index in [1.54, 1.807) is 18.2 Å². The van der Waals surface area contributed by atoms with Gasteiger partial charge in [-0.3, -0.25) is 9.59 Å². The number of benzene rings is 2. The van der Waals surface area contributed by atoms with Gasteiger partial charge in [-0.2, -0.15) is 5.10 Å². The number of amides is 2. The molecule has 34 heavy (non-hydrogen) atoms. The molecule has 4 aromatic rings. The second-order valence-corrected chi connectivity index (χ2v) is 7.65. The lowest BCUT2D eigenvalue weighted by Gasteiger charge is -2.10. The van der Waals surface area contributed by atoms with Gasteiger partial charge in [0.15, 0.2) is 5.65 Å². The molecule has 0 aliphatic carbocycles. The Balaban J connectivity index is 1.49. The molecule has 2 aromatic carbocycles. The van der Waals surface area contributed by atoms with Gasteiger partial charge in [0.25, 0.3) is 11.8 Å². The first-order valence-electron chi connectivity index (χ1n) is 9.99. The van der Waals surface area contributed by atoms with Gasteiger partial charge in [0, 0.05) is 25.2 Å². The second kappa shape index (κ2) is 9.67. The quantitative estimate of drug-likeness (QED) is 0.372. The van der Waals surface area contributed by atoms with E-state index >= 15 is 0 Å². The highest BCUT2D eigenvalue weighted by atomic mass is 35.5. The minimum atomic E-state index is -1.04. The van der Waals surface area contributed by atoms with Crippen LogP contribution in [0.2, 0.25) is 5.02 Å². The van der Waals surface area contributed by atoms with Crippen LogP contribution >= 0.6 is 11.6 Å². The van der Waals surface area contributed by atoms with E-state index < -0.39 is 23.6 Å². The largest absolute Gasteiger partial charge is 0.478 e. The highest BCUT2D eigenvalue weighted by Gasteiger charge is 2.18. The summed E-state index contributed by atoms with van der Waals surface area (Å²) in [6.45, 7) is 0.218. The fourth-order valence-electron chi connectivity index (χ4n) is 3.15. The molecule has 2 aromatic heterocycles. The van der Waals surface area contributed by atoms with Crippen LogP contribution < -0.4 is 10.6 Å². The first-order chi connectivity index (χ1) is 16.3. The zero-order valence-electron chi connectivity index (χ0n) is 17.5. The molecule has 9 nitrogen and oxygen atoms in total. The highest BCUT2D eigenvalue weighted by molar-refractivity contribution is 6.30. The van der Waals surface area contributed by atoms with Crippen LogP contribution in [0, 0.1) is 5.82 Å². The molecular weight excluding hydrogens is 465 g/mol. The Morgan fingerprint density at radius 1 is 0.941 bits per heavy atom. The Kier molecular flexibility index (Phi) is 6.51. The predicted octanol–water partition coefficient (Wildman–Crippen LogP) is 3.08. The number of carbonyl (C=O) groups excluding carboxylic acids is 2. The summed E-state index contributed by atoms with van der Waals surface area (Å²) in [6, 6.07) is 13.1. The Morgan fingerprint density at radius 3 is 2.32 bits per heavy atom. The maximum absolute atomic E-state index is 13.3. The number of carboxylic acid groups (broad SMARTS) is 1. The molecule has 11 heteroatoms. The average molecular weight is 482 g/mol. The van der Waals surface area contributed by atoms with Crippen molar-refractivity contribution in [1.29, 1.82) is 0 Å². The fraction of sp³-hybridized carbons (Fsp3) is 0.0870. The monoisotopic (exact) mass is 481 g/mol. The molecule has 0 saturated heterocycles. The van der Waals surface area contributed by atoms with E-state index in [-0.39, 0.29) is 35.1 Å². The topological polar surface area (TPSA) is 126 Å². The Bertz CT molecular complexity index is 1400. The van der Waals surface area contributed by atoms with Gasteiger partial charge in [-0.15, -0.1) is 0 Å². The maximum Gasteiger partial charge on any atom is 0.335 e. The van der Waals surface area contributed by atoms with Gasteiger partial charge in [0.2, 0.25) is 0 Å². The highest BCUT2D eigenvalue weighted by Crippen LogP contribution is 2.16. The molecule has 3 N–H and O–H groups in total. The van der Waals surface area contributed by atoms with Crippen molar-refractivity contribution in [1.82, 2.24) is 25.2 Å². The van der Waals surface area contributed by atoms with Crippen molar-refractivity contribution in [3.05, 3.63) is 99.7 Å². The van der Waals surface area contributed by atoms with E-state index in [1.165, 1.54) is 47.1 Å². The van der Waals surface area contributed by atoms with Gasteiger partial charge in [0.1, 0.15) is 17.2 Å². The van der Waals surface area contributed by atoms with Gasteiger partial charge in [0.05, 0.1) is 16.8 Å². The third-order valence-electron chi connectivity index (χ3n) is 4.92. The summed E-state index contributed by atoms with van der Waals surface area (Å²) in [7, 11) is 0. The molecule has 2 heterocycles. The number of fused-ring (bicyclic) bond motifs is 1. The molecule has 0 atom stereocenters. The fourth-order valence-corrected chi connectivity index (χ4v) is 3.35. The molecule has 0 radical (unpaired) electrons. The Hall–Kier alpha value is -4.31. The summed E-state index contributed by atoms with van der Waals surface area (Å²) in [5.74, 6) is -2.64. The van der Waals surface area contributed by atoms with E-state index in [0.29, 0.717) is 16.8 Å². The normalized spacial score (nSPS) is 10.8. The van der Waals surface area contributed by atoms with E-state index in [4.69, 9.17) is 16.7 Å². The number of nitrogens with one attached hydrogen (secondary N) is 2. The molecule has 0 unspecified atom stereocenters. The van der Waals surface area contributed by atoms with Gasteiger partial charge < -0.3 is 15.7 Å². The number of carboxylic acids is 1. The van der Waals surface area contributed by atoms with Crippen LogP contribution in [0.25, 0.3) is 5.65 Å². The van der Waals surface area contributed by atoms with Crippen molar-refractivity contribution in [2.24, 2.45) is 0 Å². The van der Waals surface area contributed by atoms with Crippen LogP contribution in [0.5, 0.6) is 0 Å². The summed E-state index contributed by atoms with van der Waals surface area (Å²) < 4.78 is 14.6. The van der Waals surface area contributed by atoms with Crippen LogP contribution in [-0.2, 0) is 13.1 Å². The number of aromatic carboxylic acids is 1. The van der Waals surface area contributed by atoms with Crippen LogP contribution in [-0.4, -0.2) is 37.5 Å². The van der Waals surface area contributed by atoms with E-state index in [1.807, 2.05) is 0 Å². The lowest BCUT2D eigenvalue weighted by atomic mass is 10.1. The van der Waals surface area contributed by atoms with Crippen molar-refractivity contribution in [3.63, 3.8) is 0 Å². The molecule has 0 bridgehead atoms. The molecule has 0 saturated carbocycles. The van der Waals surface area contributed by atoms with Gasteiger partial charge >= 0.3 is 5.97 Å². The predicted molar refractivity (Wildman–Crippen MR) is 120 cm³/mol. The lowest BCUT2D eigenvalue weighted by Crippen LogP contribution is -2.28. The number of hydrogen-bond donors (Lipinski definition) is 3. The number of carbonyl (C=O) groups is 3.